The number of alkyl halides is 1. The molecule has 1 fully saturated rings. The molecule has 1 saturated heterocycles. The molecule has 1 aliphatic rings. The Morgan fingerprint density at radius 3 is 3.00 bits per heavy atom. The third-order valence-electron chi connectivity index (χ3n) is 3.06. The molecule has 1 aliphatic heterocycles. The van der Waals surface area contributed by atoms with E-state index >= 15 is 0 Å². The van der Waals surface area contributed by atoms with Crippen molar-refractivity contribution in [1.82, 2.24) is 0 Å². The van der Waals surface area contributed by atoms with Gasteiger partial charge in [-0.2, -0.15) is 11.8 Å². The highest BCUT2D eigenvalue weighted by Crippen LogP contribution is 2.28. The van der Waals surface area contributed by atoms with Crippen LogP contribution in [0.1, 0.15) is 18.1 Å². The molecule has 1 aromatic rings. The molecule has 1 atom stereocenters. The Bertz CT molecular complexity index is 367. The predicted octanol–water partition coefficient (Wildman–Crippen LogP) is 3.68. The molecule has 0 saturated carbocycles. The van der Waals surface area contributed by atoms with Gasteiger partial charge in [0, 0.05) is 35.7 Å². The minimum absolute atomic E-state index is 0.605. The molecule has 1 heterocycles. The van der Waals surface area contributed by atoms with E-state index in [0.29, 0.717) is 11.9 Å². The van der Waals surface area contributed by atoms with E-state index in [1.807, 2.05) is 11.8 Å². The third-order valence-corrected chi connectivity index (χ3v) is 4.53. The maximum atomic E-state index is 6.04. The standard InChI is InChI=1S/C13H18ClNS/c1-10-3-4-13(12(7-10)8-14)15-5-6-16-9-11(15)2/h3-4,7,11H,5-6,8-9H2,1-2H3. The van der Waals surface area contributed by atoms with Crippen LogP contribution in [0.25, 0.3) is 0 Å². The summed E-state index contributed by atoms with van der Waals surface area (Å²) in [6.45, 7) is 5.55. The molecular formula is C13H18ClNS. The van der Waals surface area contributed by atoms with Crippen LogP contribution in [0.15, 0.2) is 18.2 Å². The van der Waals surface area contributed by atoms with Gasteiger partial charge in [-0.15, -0.1) is 11.6 Å². The Morgan fingerprint density at radius 1 is 1.50 bits per heavy atom. The van der Waals surface area contributed by atoms with Crippen molar-refractivity contribution in [2.75, 3.05) is 23.0 Å². The van der Waals surface area contributed by atoms with Crippen LogP contribution in [0.2, 0.25) is 0 Å². The van der Waals surface area contributed by atoms with Crippen molar-refractivity contribution in [3.8, 4) is 0 Å². The average Bonchev–Trinajstić information content (AvgIpc) is 2.30. The summed E-state index contributed by atoms with van der Waals surface area (Å²) in [5, 5.41) is 0. The number of anilines is 1. The molecule has 88 valence electrons. The van der Waals surface area contributed by atoms with Crippen molar-refractivity contribution in [2.45, 2.75) is 25.8 Å². The highest BCUT2D eigenvalue weighted by Gasteiger charge is 2.20. The van der Waals surface area contributed by atoms with Crippen LogP contribution in [0.4, 0.5) is 5.69 Å². The molecule has 1 unspecified atom stereocenters. The van der Waals surface area contributed by atoms with Gasteiger partial charge >= 0.3 is 0 Å². The first-order chi connectivity index (χ1) is 7.72. The molecule has 0 spiro atoms. The Morgan fingerprint density at radius 2 is 2.31 bits per heavy atom. The van der Waals surface area contributed by atoms with E-state index in [9.17, 15) is 0 Å². The Balaban J connectivity index is 2.30. The van der Waals surface area contributed by atoms with Gasteiger partial charge in [0.1, 0.15) is 0 Å². The average molecular weight is 256 g/mol. The van der Waals surface area contributed by atoms with Crippen LogP contribution < -0.4 is 4.90 Å². The van der Waals surface area contributed by atoms with E-state index in [-0.39, 0.29) is 0 Å². The van der Waals surface area contributed by atoms with Gasteiger partial charge in [-0.3, -0.25) is 0 Å². The summed E-state index contributed by atoms with van der Waals surface area (Å²) < 4.78 is 0. The fraction of sp³-hybridized carbons (Fsp3) is 0.538. The van der Waals surface area contributed by atoms with Crippen LogP contribution >= 0.6 is 23.4 Å². The number of hydrogen-bond acceptors (Lipinski definition) is 2. The van der Waals surface area contributed by atoms with E-state index < -0.39 is 0 Å². The smallest absolute Gasteiger partial charge is 0.0494 e. The summed E-state index contributed by atoms with van der Waals surface area (Å²) in [7, 11) is 0. The van der Waals surface area contributed by atoms with Crippen molar-refractivity contribution in [3.05, 3.63) is 29.3 Å². The lowest BCUT2D eigenvalue weighted by molar-refractivity contribution is 0.697. The number of nitrogens with zero attached hydrogens (tertiary/aromatic N) is 1. The quantitative estimate of drug-likeness (QED) is 0.742. The lowest BCUT2D eigenvalue weighted by atomic mass is 10.1. The molecule has 0 radical (unpaired) electrons. The molecule has 2 rings (SSSR count). The first-order valence-corrected chi connectivity index (χ1v) is 7.41. The minimum Gasteiger partial charge on any atom is -0.367 e. The van der Waals surface area contributed by atoms with E-state index in [1.54, 1.807) is 0 Å². The first-order valence-electron chi connectivity index (χ1n) is 5.72. The van der Waals surface area contributed by atoms with Crippen molar-refractivity contribution >= 4 is 29.1 Å². The Labute approximate surface area is 107 Å². The highest BCUT2D eigenvalue weighted by atomic mass is 35.5. The van der Waals surface area contributed by atoms with Gasteiger partial charge in [-0.1, -0.05) is 17.7 Å². The number of halogens is 1. The second-order valence-corrected chi connectivity index (χ2v) is 5.80. The van der Waals surface area contributed by atoms with Crippen LogP contribution in [-0.4, -0.2) is 24.1 Å². The topological polar surface area (TPSA) is 3.24 Å². The molecule has 1 aromatic carbocycles. The van der Waals surface area contributed by atoms with Crippen LogP contribution in [-0.2, 0) is 5.88 Å². The van der Waals surface area contributed by atoms with Crippen molar-refractivity contribution in [2.24, 2.45) is 0 Å². The highest BCUT2D eigenvalue weighted by molar-refractivity contribution is 7.99. The molecule has 0 bridgehead atoms. The molecular weight excluding hydrogens is 238 g/mol. The Kier molecular flexibility index (Phi) is 4.04. The van der Waals surface area contributed by atoms with E-state index in [1.165, 1.54) is 28.3 Å². The van der Waals surface area contributed by atoms with Crippen LogP contribution in [0.5, 0.6) is 0 Å². The number of thioether (sulfide) groups is 1. The van der Waals surface area contributed by atoms with E-state index in [2.05, 4.69) is 36.9 Å². The summed E-state index contributed by atoms with van der Waals surface area (Å²) >= 11 is 8.08. The fourth-order valence-electron chi connectivity index (χ4n) is 2.19. The van der Waals surface area contributed by atoms with Crippen LogP contribution in [0, 0.1) is 6.92 Å². The van der Waals surface area contributed by atoms with E-state index in [4.69, 9.17) is 11.6 Å². The molecule has 0 N–H and O–H groups in total. The van der Waals surface area contributed by atoms with E-state index in [0.717, 1.165) is 6.54 Å². The second-order valence-electron chi connectivity index (χ2n) is 4.38. The lowest BCUT2D eigenvalue weighted by Crippen LogP contribution is -2.40. The van der Waals surface area contributed by atoms with Gasteiger partial charge in [0.2, 0.25) is 0 Å². The summed E-state index contributed by atoms with van der Waals surface area (Å²) in [5.74, 6) is 3.04. The van der Waals surface area contributed by atoms with Gasteiger partial charge < -0.3 is 4.90 Å². The van der Waals surface area contributed by atoms with Gasteiger partial charge in [0.15, 0.2) is 0 Å². The maximum Gasteiger partial charge on any atom is 0.0494 e. The zero-order valence-corrected chi connectivity index (χ0v) is 11.4. The van der Waals surface area contributed by atoms with Gasteiger partial charge in [-0.05, 0) is 25.5 Å². The molecule has 0 amide bonds. The second kappa shape index (κ2) is 5.33. The van der Waals surface area contributed by atoms with Gasteiger partial charge in [0.25, 0.3) is 0 Å². The monoisotopic (exact) mass is 255 g/mol. The van der Waals surface area contributed by atoms with Gasteiger partial charge in [-0.25, -0.2) is 0 Å². The predicted molar refractivity (Wildman–Crippen MR) is 74.9 cm³/mol. The first kappa shape index (κ1) is 12.1. The summed E-state index contributed by atoms with van der Waals surface area (Å²) in [6.07, 6.45) is 0. The largest absolute Gasteiger partial charge is 0.367 e. The number of benzene rings is 1. The van der Waals surface area contributed by atoms with Crippen molar-refractivity contribution in [1.29, 1.82) is 0 Å². The van der Waals surface area contributed by atoms with Gasteiger partial charge in [0.05, 0.1) is 0 Å². The lowest BCUT2D eigenvalue weighted by Gasteiger charge is -2.36. The van der Waals surface area contributed by atoms with Crippen molar-refractivity contribution < 1.29 is 0 Å². The van der Waals surface area contributed by atoms with Crippen LogP contribution in [0.3, 0.4) is 0 Å². The Hall–Kier alpha value is -0.340. The minimum atomic E-state index is 0.605. The summed E-state index contributed by atoms with van der Waals surface area (Å²) in [5.41, 5.74) is 3.88. The number of aryl methyl sites for hydroxylation is 1. The molecule has 0 aromatic heterocycles. The summed E-state index contributed by atoms with van der Waals surface area (Å²) in [6, 6.07) is 7.22. The number of hydrogen-bond donors (Lipinski definition) is 0. The third kappa shape index (κ3) is 2.49. The SMILES string of the molecule is Cc1ccc(N2CCSCC2C)c(CCl)c1. The zero-order valence-electron chi connectivity index (χ0n) is 9.87. The molecule has 0 aliphatic carbocycles. The maximum absolute atomic E-state index is 6.04. The molecule has 1 nitrogen and oxygen atoms in total. The zero-order chi connectivity index (χ0) is 11.5. The number of rotatable bonds is 2. The molecule has 16 heavy (non-hydrogen) atoms. The normalized spacial score (nSPS) is 21.2. The van der Waals surface area contributed by atoms with Crippen molar-refractivity contribution in [3.63, 3.8) is 0 Å². The fourth-order valence-corrected chi connectivity index (χ4v) is 3.41. The molecule has 3 heteroatoms. The summed E-state index contributed by atoms with van der Waals surface area (Å²) in [4.78, 5) is 2.49.